The number of ether oxygens (including phenoxy) is 3. The van der Waals surface area contributed by atoms with Crippen molar-refractivity contribution in [3.05, 3.63) is 59.7 Å². The molecule has 5 heteroatoms. The summed E-state index contributed by atoms with van der Waals surface area (Å²) >= 11 is 0. The molecule has 148 valence electrons. The standard InChI is InChI=1S/C23H27NO4/c1-26-21-12-9-18(20-13-14-24-23(25)28-20)15-22(21)27-19-10-7-17(8-11-19)16-5-3-2-4-6-16/h2-6,9,12,15,17,19-20H,7-8,10-11,13-14H2,1H3,(H,24,25)/t17-,19-,20?. The van der Waals surface area contributed by atoms with Crippen molar-refractivity contribution in [2.75, 3.05) is 13.7 Å². The Morgan fingerprint density at radius 3 is 2.43 bits per heavy atom. The number of alkyl carbamates (subject to hydrolysis) is 1. The van der Waals surface area contributed by atoms with Gasteiger partial charge in [-0.05, 0) is 54.9 Å². The molecule has 2 aromatic rings. The Bertz CT molecular complexity index is 800. The third kappa shape index (κ3) is 4.24. The number of rotatable bonds is 5. The van der Waals surface area contributed by atoms with Crippen molar-refractivity contribution < 1.29 is 19.0 Å². The van der Waals surface area contributed by atoms with Crippen LogP contribution in [-0.2, 0) is 4.74 Å². The Morgan fingerprint density at radius 1 is 0.929 bits per heavy atom. The summed E-state index contributed by atoms with van der Waals surface area (Å²) in [7, 11) is 1.65. The molecule has 1 aliphatic heterocycles. The maximum absolute atomic E-state index is 11.5. The van der Waals surface area contributed by atoms with Crippen LogP contribution in [0, 0.1) is 0 Å². The van der Waals surface area contributed by atoms with Gasteiger partial charge < -0.3 is 19.5 Å². The Hall–Kier alpha value is -2.69. The number of methoxy groups -OCH3 is 1. The van der Waals surface area contributed by atoms with Gasteiger partial charge >= 0.3 is 6.09 Å². The molecule has 0 bridgehead atoms. The van der Waals surface area contributed by atoms with Gasteiger partial charge in [-0.1, -0.05) is 36.4 Å². The van der Waals surface area contributed by atoms with Crippen LogP contribution in [0.2, 0.25) is 0 Å². The number of hydrogen-bond donors (Lipinski definition) is 1. The molecule has 0 aromatic heterocycles. The van der Waals surface area contributed by atoms with E-state index in [-0.39, 0.29) is 18.3 Å². The predicted molar refractivity (Wildman–Crippen MR) is 107 cm³/mol. The average molecular weight is 381 g/mol. The SMILES string of the molecule is COc1ccc(C2CCNC(=O)O2)cc1O[C@H]1CC[C@H](c2ccccc2)CC1. The van der Waals surface area contributed by atoms with Gasteiger partial charge in [-0.3, -0.25) is 0 Å². The fourth-order valence-electron chi connectivity index (χ4n) is 4.17. The van der Waals surface area contributed by atoms with Crippen molar-refractivity contribution in [1.29, 1.82) is 0 Å². The van der Waals surface area contributed by atoms with Crippen molar-refractivity contribution in [3.8, 4) is 11.5 Å². The first kappa shape index (κ1) is 18.7. The summed E-state index contributed by atoms with van der Waals surface area (Å²) in [6, 6.07) is 16.5. The molecule has 2 aliphatic rings. The van der Waals surface area contributed by atoms with Crippen LogP contribution in [0.15, 0.2) is 48.5 Å². The minimum Gasteiger partial charge on any atom is -0.493 e. The summed E-state index contributed by atoms with van der Waals surface area (Å²) in [4.78, 5) is 11.5. The van der Waals surface area contributed by atoms with Crippen LogP contribution in [0.3, 0.4) is 0 Å². The molecule has 5 nitrogen and oxygen atoms in total. The van der Waals surface area contributed by atoms with E-state index in [2.05, 4.69) is 35.6 Å². The molecule has 2 aromatic carbocycles. The van der Waals surface area contributed by atoms with Crippen LogP contribution in [0.25, 0.3) is 0 Å². The Balaban J connectivity index is 1.42. The van der Waals surface area contributed by atoms with Gasteiger partial charge in [-0.25, -0.2) is 4.79 Å². The summed E-state index contributed by atoms with van der Waals surface area (Å²) in [6.45, 7) is 0.620. The second kappa shape index (κ2) is 8.55. The summed E-state index contributed by atoms with van der Waals surface area (Å²) < 4.78 is 17.2. The van der Waals surface area contributed by atoms with E-state index in [0.717, 1.165) is 43.4 Å². The lowest BCUT2D eigenvalue weighted by atomic mass is 9.83. The normalized spacial score (nSPS) is 24.8. The van der Waals surface area contributed by atoms with Gasteiger partial charge in [-0.2, -0.15) is 0 Å². The van der Waals surface area contributed by atoms with E-state index in [1.54, 1.807) is 7.11 Å². The van der Waals surface area contributed by atoms with Gasteiger partial charge in [0.15, 0.2) is 11.5 Å². The molecular weight excluding hydrogens is 354 g/mol. The number of nitrogens with one attached hydrogen (secondary N) is 1. The topological polar surface area (TPSA) is 56.8 Å². The highest BCUT2D eigenvalue weighted by Gasteiger charge is 2.26. The molecule has 2 fully saturated rings. The number of carbonyl (C=O) groups excluding carboxylic acids is 1. The number of benzene rings is 2. The van der Waals surface area contributed by atoms with Gasteiger partial charge in [0.05, 0.1) is 13.2 Å². The van der Waals surface area contributed by atoms with E-state index in [1.165, 1.54) is 5.56 Å². The monoisotopic (exact) mass is 381 g/mol. The zero-order chi connectivity index (χ0) is 19.3. The number of amides is 1. The molecule has 1 aliphatic carbocycles. The summed E-state index contributed by atoms with van der Waals surface area (Å²) in [5.74, 6) is 2.07. The molecule has 28 heavy (non-hydrogen) atoms. The van der Waals surface area contributed by atoms with Gasteiger partial charge in [0, 0.05) is 13.0 Å². The number of hydrogen-bond acceptors (Lipinski definition) is 4. The van der Waals surface area contributed by atoms with Gasteiger partial charge in [-0.15, -0.1) is 0 Å². The molecule has 1 unspecified atom stereocenters. The van der Waals surface area contributed by atoms with Gasteiger partial charge in [0.1, 0.15) is 6.10 Å². The molecular formula is C23H27NO4. The first-order chi connectivity index (χ1) is 13.7. The maximum atomic E-state index is 11.5. The molecule has 1 heterocycles. The van der Waals surface area contributed by atoms with Crippen LogP contribution >= 0.6 is 0 Å². The van der Waals surface area contributed by atoms with Crippen LogP contribution in [0.4, 0.5) is 4.79 Å². The van der Waals surface area contributed by atoms with E-state index in [4.69, 9.17) is 14.2 Å². The van der Waals surface area contributed by atoms with E-state index in [1.807, 2.05) is 18.2 Å². The predicted octanol–water partition coefficient (Wildman–Crippen LogP) is 4.97. The largest absolute Gasteiger partial charge is 0.493 e. The second-order valence-electron chi connectivity index (χ2n) is 7.52. The minimum atomic E-state index is -0.367. The lowest BCUT2D eigenvalue weighted by molar-refractivity contribution is 0.0733. The van der Waals surface area contributed by atoms with Crippen molar-refractivity contribution in [3.63, 3.8) is 0 Å². The Morgan fingerprint density at radius 2 is 1.71 bits per heavy atom. The fourth-order valence-corrected chi connectivity index (χ4v) is 4.17. The first-order valence-electron chi connectivity index (χ1n) is 10.1. The van der Waals surface area contributed by atoms with E-state index >= 15 is 0 Å². The number of carbonyl (C=O) groups is 1. The molecule has 1 saturated heterocycles. The first-order valence-corrected chi connectivity index (χ1v) is 10.1. The van der Waals surface area contributed by atoms with Crippen molar-refractivity contribution >= 4 is 6.09 Å². The minimum absolute atomic E-state index is 0.180. The average Bonchev–Trinajstić information content (AvgIpc) is 2.75. The van der Waals surface area contributed by atoms with Gasteiger partial charge in [0.2, 0.25) is 0 Å². The van der Waals surface area contributed by atoms with Crippen molar-refractivity contribution in [2.45, 2.75) is 50.2 Å². The third-order valence-electron chi connectivity index (χ3n) is 5.72. The zero-order valence-electron chi connectivity index (χ0n) is 16.2. The quantitative estimate of drug-likeness (QED) is 0.794. The molecule has 1 amide bonds. The molecule has 4 rings (SSSR count). The smallest absolute Gasteiger partial charge is 0.407 e. The Labute approximate surface area is 166 Å². The molecule has 1 N–H and O–H groups in total. The van der Waals surface area contributed by atoms with Crippen molar-refractivity contribution in [2.24, 2.45) is 0 Å². The van der Waals surface area contributed by atoms with Crippen LogP contribution in [0.1, 0.15) is 55.3 Å². The lowest BCUT2D eigenvalue weighted by Gasteiger charge is -2.30. The summed E-state index contributed by atoms with van der Waals surface area (Å²) in [5, 5.41) is 2.69. The van der Waals surface area contributed by atoms with Gasteiger partial charge in [0.25, 0.3) is 0 Å². The highest BCUT2D eigenvalue weighted by Crippen LogP contribution is 2.38. The van der Waals surface area contributed by atoms with E-state index in [9.17, 15) is 4.79 Å². The van der Waals surface area contributed by atoms with Crippen LogP contribution in [0.5, 0.6) is 11.5 Å². The third-order valence-corrected chi connectivity index (χ3v) is 5.72. The summed E-state index contributed by atoms with van der Waals surface area (Å²) in [5.41, 5.74) is 2.37. The highest BCUT2D eigenvalue weighted by atomic mass is 16.6. The van der Waals surface area contributed by atoms with Crippen LogP contribution in [-0.4, -0.2) is 25.9 Å². The lowest BCUT2D eigenvalue weighted by Crippen LogP contribution is -2.33. The van der Waals surface area contributed by atoms with Crippen molar-refractivity contribution in [1.82, 2.24) is 5.32 Å². The molecule has 1 atom stereocenters. The maximum Gasteiger partial charge on any atom is 0.407 e. The fraction of sp³-hybridized carbons (Fsp3) is 0.435. The van der Waals surface area contributed by atoms with E-state index < -0.39 is 0 Å². The number of cyclic esters (lactones) is 1. The van der Waals surface area contributed by atoms with Crippen LogP contribution < -0.4 is 14.8 Å². The molecule has 0 radical (unpaired) electrons. The summed E-state index contributed by atoms with van der Waals surface area (Å²) in [6.07, 6.45) is 4.62. The zero-order valence-corrected chi connectivity index (χ0v) is 16.2. The Kier molecular flexibility index (Phi) is 5.70. The second-order valence-corrected chi connectivity index (χ2v) is 7.52. The highest BCUT2D eigenvalue weighted by molar-refractivity contribution is 5.68. The molecule has 1 saturated carbocycles. The van der Waals surface area contributed by atoms with E-state index in [0.29, 0.717) is 18.2 Å². The molecule has 0 spiro atoms.